The number of nitrogens with zero attached hydrogens (tertiary/aromatic N) is 1. The van der Waals surface area contributed by atoms with Gasteiger partial charge < -0.3 is 9.52 Å². The van der Waals surface area contributed by atoms with Crippen molar-refractivity contribution in [1.82, 2.24) is 4.98 Å². The standard InChI is InChI=1S/C15H19NO3S/c1-4-6-7-8-12(5-2)15-16-13(11(3)19-15)9-20-10-14(17)18/h5-8H,2,4,9-10H2,1,3H3,(H,17,18)/b7-6+,12-8+. The zero-order valence-corrected chi connectivity index (χ0v) is 12.6. The third-order valence-corrected chi connectivity index (χ3v) is 3.40. The smallest absolute Gasteiger partial charge is 0.313 e. The molecule has 0 spiro atoms. The molecule has 4 nitrogen and oxygen atoms in total. The molecule has 0 aliphatic rings. The van der Waals surface area contributed by atoms with Crippen LogP contribution < -0.4 is 0 Å². The van der Waals surface area contributed by atoms with E-state index in [1.54, 1.807) is 6.08 Å². The molecular weight excluding hydrogens is 274 g/mol. The number of aromatic nitrogens is 1. The third-order valence-electron chi connectivity index (χ3n) is 2.47. The number of aliphatic carboxylic acids is 1. The Hall–Kier alpha value is -1.75. The minimum atomic E-state index is -0.826. The van der Waals surface area contributed by atoms with Crippen LogP contribution in [0.15, 0.2) is 35.3 Å². The lowest BCUT2D eigenvalue weighted by atomic mass is 10.2. The second-order valence-electron chi connectivity index (χ2n) is 4.07. The van der Waals surface area contributed by atoms with Crippen molar-refractivity contribution in [2.45, 2.75) is 26.0 Å². The lowest BCUT2D eigenvalue weighted by Gasteiger charge is -1.94. The van der Waals surface area contributed by atoms with Crippen LogP contribution in [0.2, 0.25) is 0 Å². The van der Waals surface area contributed by atoms with E-state index in [0.29, 0.717) is 17.4 Å². The summed E-state index contributed by atoms with van der Waals surface area (Å²) in [4.78, 5) is 14.9. The van der Waals surface area contributed by atoms with Crippen LogP contribution in [0, 0.1) is 6.92 Å². The van der Waals surface area contributed by atoms with Gasteiger partial charge in [-0.2, -0.15) is 0 Å². The number of carboxylic acids is 1. The maximum absolute atomic E-state index is 10.5. The molecule has 0 aliphatic heterocycles. The number of oxazole rings is 1. The monoisotopic (exact) mass is 293 g/mol. The molecular formula is C15H19NO3S. The van der Waals surface area contributed by atoms with Crippen molar-refractivity contribution in [3.63, 3.8) is 0 Å². The van der Waals surface area contributed by atoms with E-state index < -0.39 is 5.97 Å². The van der Waals surface area contributed by atoms with Crippen LogP contribution in [0.1, 0.15) is 30.7 Å². The molecule has 1 N–H and O–H groups in total. The average Bonchev–Trinajstić information content (AvgIpc) is 2.76. The van der Waals surface area contributed by atoms with Crippen molar-refractivity contribution in [3.05, 3.63) is 48.2 Å². The molecule has 1 heterocycles. The van der Waals surface area contributed by atoms with Crippen molar-refractivity contribution >= 4 is 23.3 Å². The summed E-state index contributed by atoms with van der Waals surface area (Å²) in [5.41, 5.74) is 1.59. The van der Waals surface area contributed by atoms with Crippen molar-refractivity contribution in [2.24, 2.45) is 0 Å². The molecule has 1 aromatic heterocycles. The van der Waals surface area contributed by atoms with Crippen LogP contribution >= 0.6 is 11.8 Å². The summed E-state index contributed by atoms with van der Waals surface area (Å²) in [6.07, 6.45) is 8.52. The number of allylic oxidation sites excluding steroid dienone is 5. The summed E-state index contributed by atoms with van der Waals surface area (Å²) in [5.74, 6) is 0.990. The molecule has 0 saturated carbocycles. The number of aryl methyl sites for hydroxylation is 1. The molecule has 0 radical (unpaired) electrons. The van der Waals surface area contributed by atoms with Gasteiger partial charge in [-0.3, -0.25) is 4.79 Å². The Morgan fingerprint density at radius 1 is 1.55 bits per heavy atom. The van der Waals surface area contributed by atoms with E-state index >= 15 is 0 Å². The summed E-state index contributed by atoms with van der Waals surface area (Å²) < 4.78 is 5.61. The molecule has 5 heteroatoms. The van der Waals surface area contributed by atoms with E-state index in [2.05, 4.69) is 18.5 Å². The van der Waals surface area contributed by atoms with Crippen LogP contribution in [0.25, 0.3) is 5.57 Å². The summed E-state index contributed by atoms with van der Waals surface area (Å²) in [5, 5.41) is 8.62. The SMILES string of the molecule is C=C/C(=C\C=C\CC)c1nc(CSCC(=O)O)c(C)o1. The molecule has 108 valence electrons. The van der Waals surface area contributed by atoms with Crippen LogP contribution in [0.4, 0.5) is 0 Å². The van der Waals surface area contributed by atoms with Gasteiger partial charge in [0.15, 0.2) is 0 Å². The minimum Gasteiger partial charge on any atom is -0.481 e. The zero-order valence-electron chi connectivity index (χ0n) is 11.8. The lowest BCUT2D eigenvalue weighted by Crippen LogP contribution is -1.98. The quantitative estimate of drug-likeness (QED) is 0.738. The van der Waals surface area contributed by atoms with Crippen molar-refractivity contribution in [1.29, 1.82) is 0 Å². The maximum atomic E-state index is 10.5. The number of hydrogen-bond donors (Lipinski definition) is 1. The Morgan fingerprint density at radius 3 is 2.90 bits per heavy atom. The van der Waals surface area contributed by atoms with Crippen molar-refractivity contribution < 1.29 is 14.3 Å². The Balaban J connectivity index is 2.81. The number of carbonyl (C=O) groups is 1. The highest BCUT2D eigenvalue weighted by molar-refractivity contribution is 7.99. The number of hydrogen-bond acceptors (Lipinski definition) is 4. The minimum absolute atomic E-state index is 0.0605. The van der Waals surface area contributed by atoms with Gasteiger partial charge in [0.1, 0.15) is 5.76 Å². The first kappa shape index (κ1) is 16.3. The van der Waals surface area contributed by atoms with E-state index in [9.17, 15) is 4.79 Å². The maximum Gasteiger partial charge on any atom is 0.313 e. The van der Waals surface area contributed by atoms with Gasteiger partial charge >= 0.3 is 5.97 Å². The van der Waals surface area contributed by atoms with E-state index in [-0.39, 0.29) is 5.75 Å². The molecule has 0 unspecified atom stereocenters. The molecule has 20 heavy (non-hydrogen) atoms. The Bertz CT molecular complexity index is 529. The lowest BCUT2D eigenvalue weighted by molar-refractivity contribution is -0.133. The van der Waals surface area contributed by atoms with E-state index in [1.165, 1.54) is 11.8 Å². The summed E-state index contributed by atoms with van der Waals surface area (Å²) >= 11 is 1.30. The number of rotatable bonds is 8. The fraction of sp³-hybridized carbons (Fsp3) is 0.333. The molecule has 0 saturated heterocycles. The summed E-state index contributed by atoms with van der Waals surface area (Å²) in [6, 6.07) is 0. The van der Waals surface area contributed by atoms with Crippen LogP contribution in [0.3, 0.4) is 0 Å². The van der Waals surface area contributed by atoms with Gasteiger partial charge in [0.2, 0.25) is 5.89 Å². The summed E-state index contributed by atoms with van der Waals surface area (Å²) in [7, 11) is 0. The average molecular weight is 293 g/mol. The van der Waals surface area contributed by atoms with Gasteiger partial charge in [0.25, 0.3) is 0 Å². The fourth-order valence-electron chi connectivity index (χ4n) is 1.45. The molecule has 0 fully saturated rings. The van der Waals surface area contributed by atoms with Crippen LogP contribution in [0.5, 0.6) is 0 Å². The second kappa shape index (κ2) is 8.43. The first-order valence-corrected chi connectivity index (χ1v) is 7.49. The Morgan fingerprint density at radius 2 is 2.30 bits per heavy atom. The van der Waals surface area contributed by atoms with E-state index in [0.717, 1.165) is 17.7 Å². The second-order valence-corrected chi connectivity index (χ2v) is 5.06. The molecule has 0 amide bonds. The van der Waals surface area contributed by atoms with Crippen LogP contribution in [-0.2, 0) is 10.5 Å². The van der Waals surface area contributed by atoms with Crippen molar-refractivity contribution in [2.75, 3.05) is 5.75 Å². The largest absolute Gasteiger partial charge is 0.481 e. The highest BCUT2D eigenvalue weighted by atomic mass is 32.2. The topological polar surface area (TPSA) is 63.3 Å². The van der Waals surface area contributed by atoms with Gasteiger partial charge in [-0.25, -0.2) is 4.98 Å². The van der Waals surface area contributed by atoms with E-state index in [1.807, 2.05) is 25.2 Å². The molecule has 0 bridgehead atoms. The molecule has 0 aromatic carbocycles. The van der Waals surface area contributed by atoms with Crippen molar-refractivity contribution in [3.8, 4) is 0 Å². The highest BCUT2D eigenvalue weighted by Gasteiger charge is 2.12. The highest BCUT2D eigenvalue weighted by Crippen LogP contribution is 2.22. The normalized spacial score (nSPS) is 12.0. The van der Waals surface area contributed by atoms with Gasteiger partial charge in [0.05, 0.1) is 11.4 Å². The number of thioether (sulfide) groups is 1. The van der Waals surface area contributed by atoms with Gasteiger partial charge in [-0.05, 0) is 19.4 Å². The van der Waals surface area contributed by atoms with Gasteiger partial charge in [-0.15, -0.1) is 11.8 Å². The predicted molar refractivity (Wildman–Crippen MR) is 82.6 cm³/mol. The Labute approximate surface area is 123 Å². The third kappa shape index (κ3) is 5.09. The van der Waals surface area contributed by atoms with Gasteiger partial charge in [-0.1, -0.05) is 31.7 Å². The number of carboxylic acid groups (broad SMARTS) is 1. The molecule has 1 rings (SSSR count). The first-order valence-electron chi connectivity index (χ1n) is 6.34. The first-order chi connectivity index (χ1) is 9.58. The molecule has 1 aromatic rings. The van der Waals surface area contributed by atoms with E-state index in [4.69, 9.17) is 9.52 Å². The van der Waals surface area contributed by atoms with Gasteiger partial charge in [0, 0.05) is 11.3 Å². The fourth-order valence-corrected chi connectivity index (χ4v) is 2.19. The Kier molecular flexibility index (Phi) is 6.87. The molecule has 0 atom stereocenters. The van der Waals surface area contributed by atoms with Crippen LogP contribution in [-0.4, -0.2) is 21.8 Å². The zero-order chi connectivity index (χ0) is 15.0. The predicted octanol–water partition coefficient (Wildman–Crippen LogP) is 3.84. The molecule has 0 aliphatic carbocycles. The summed E-state index contributed by atoms with van der Waals surface area (Å²) in [6.45, 7) is 7.64.